The van der Waals surface area contributed by atoms with Gasteiger partial charge in [-0.05, 0) is 29.5 Å². The molecule has 0 bridgehead atoms. The maximum Gasteiger partial charge on any atom is 0.129 e. The minimum atomic E-state index is 0.598. The molecule has 1 aromatic rings. The fourth-order valence-electron chi connectivity index (χ4n) is 2.52. The van der Waals surface area contributed by atoms with E-state index in [1.807, 2.05) is 6.20 Å². The average Bonchev–Trinajstić information content (AvgIpc) is 2.40. The summed E-state index contributed by atoms with van der Waals surface area (Å²) in [5, 5.41) is 0. The Bertz CT molecular complexity index is 436. The number of nitrogens with zero attached hydrogens (tertiary/aromatic N) is 2. The van der Waals surface area contributed by atoms with Gasteiger partial charge in [0.25, 0.3) is 0 Å². The third-order valence-corrected chi connectivity index (χ3v) is 3.61. The van der Waals surface area contributed by atoms with Gasteiger partial charge in [-0.1, -0.05) is 19.1 Å². The van der Waals surface area contributed by atoms with Gasteiger partial charge in [-0.15, -0.1) is 0 Å². The van der Waals surface area contributed by atoms with Crippen LogP contribution < -0.4 is 4.90 Å². The van der Waals surface area contributed by atoms with Gasteiger partial charge >= 0.3 is 0 Å². The van der Waals surface area contributed by atoms with Gasteiger partial charge in [0.2, 0.25) is 0 Å². The van der Waals surface area contributed by atoms with Crippen LogP contribution in [0.5, 0.6) is 0 Å². The summed E-state index contributed by atoms with van der Waals surface area (Å²) in [6.45, 7) is 5.78. The predicted octanol–water partition coefficient (Wildman–Crippen LogP) is 2.44. The molecule has 0 spiro atoms. The molecule has 1 atom stereocenters. The van der Waals surface area contributed by atoms with Crippen LogP contribution in [-0.2, 0) is 4.74 Å². The molecule has 2 heterocycles. The van der Waals surface area contributed by atoms with Crippen LogP contribution in [0.2, 0.25) is 0 Å². The van der Waals surface area contributed by atoms with Crippen LogP contribution in [0.25, 0.3) is 6.08 Å². The van der Waals surface area contributed by atoms with Crippen LogP contribution in [0.1, 0.15) is 30.4 Å². The Balaban J connectivity index is 1.90. The van der Waals surface area contributed by atoms with Gasteiger partial charge in [0.15, 0.2) is 0 Å². The second kappa shape index (κ2) is 4.49. The van der Waals surface area contributed by atoms with E-state index < -0.39 is 0 Å². The summed E-state index contributed by atoms with van der Waals surface area (Å²) in [6.07, 6.45) is 7.66. The molecule has 1 fully saturated rings. The molecule has 1 unspecified atom stereocenters. The fraction of sp³-hybridized carbons (Fsp3) is 0.500. The van der Waals surface area contributed by atoms with E-state index >= 15 is 0 Å². The highest BCUT2D eigenvalue weighted by Crippen LogP contribution is 2.30. The lowest BCUT2D eigenvalue weighted by molar-refractivity contribution is 0.122. The summed E-state index contributed by atoms with van der Waals surface area (Å²) in [5.74, 6) is 1.69. The molecule has 3 rings (SSSR count). The number of aromatic nitrogens is 1. The van der Waals surface area contributed by atoms with Crippen molar-refractivity contribution in [2.45, 2.75) is 19.3 Å². The summed E-state index contributed by atoms with van der Waals surface area (Å²) in [6, 6.07) is 2.22. The van der Waals surface area contributed by atoms with Crippen molar-refractivity contribution < 1.29 is 4.74 Å². The summed E-state index contributed by atoms with van der Waals surface area (Å²) in [7, 11) is 0. The van der Waals surface area contributed by atoms with Crippen LogP contribution in [0, 0.1) is 0 Å². The number of pyridine rings is 1. The Kier molecular flexibility index (Phi) is 2.85. The Morgan fingerprint density at radius 1 is 1.35 bits per heavy atom. The van der Waals surface area contributed by atoms with Crippen molar-refractivity contribution in [2.24, 2.45) is 0 Å². The van der Waals surface area contributed by atoms with E-state index in [0.717, 1.165) is 38.5 Å². The van der Waals surface area contributed by atoms with Gasteiger partial charge in [0, 0.05) is 19.3 Å². The standard InChI is InChI=1S/C14H18N2O/c1-11-3-2-4-12-9-14(15-10-13(11)12)16-5-7-17-8-6-16/h2,4,9-11H,3,5-8H2,1H3. The lowest BCUT2D eigenvalue weighted by atomic mass is 9.90. The van der Waals surface area contributed by atoms with Crippen LogP contribution in [0.15, 0.2) is 18.3 Å². The molecule has 90 valence electrons. The normalized spacial score (nSPS) is 23.6. The molecule has 3 nitrogen and oxygen atoms in total. The molecule has 1 aliphatic carbocycles. The first-order chi connectivity index (χ1) is 8.34. The van der Waals surface area contributed by atoms with Crippen LogP contribution in [0.4, 0.5) is 5.82 Å². The fourth-order valence-corrected chi connectivity index (χ4v) is 2.52. The number of hydrogen-bond donors (Lipinski definition) is 0. The van der Waals surface area contributed by atoms with Gasteiger partial charge in [0.1, 0.15) is 5.82 Å². The van der Waals surface area contributed by atoms with Crippen molar-refractivity contribution in [2.75, 3.05) is 31.2 Å². The number of morpholine rings is 1. The SMILES string of the molecule is CC1CC=Cc2cc(N3CCOCC3)ncc21. The second-order valence-electron chi connectivity index (χ2n) is 4.81. The second-order valence-corrected chi connectivity index (χ2v) is 4.81. The Labute approximate surface area is 102 Å². The van der Waals surface area contributed by atoms with Crippen molar-refractivity contribution >= 4 is 11.9 Å². The number of rotatable bonds is 1. The number of hydrogen-bond acceptors (Lipinski definition) is 3. The van der Waals surface area contributed by atoms with Crippen molar-refractivity contribution in [3.8, 4) is 0 Å². The summed E-state index contributed by atoms with van der Waals surface area (Å²) < 4.78 is 5.37. The van der Waals surface area contributed by atoms with Gasteiger partial charge in [-0.2, -0.15) is 0 Å². The third-order valence-electron chi connectivity index (χ3n) is 3.61. The highest BCUT2D eigenvalue weighted by atomic mass is 16.5. The molecule has 2 aliphatic rings. The van der Waals surface area contributed by atoms with Crippen molar-refractivity contribution in [1.82, 2.24) is 4.98 Å². The quantitative estimate of drug-likeness (QED) is 0.741. The highest BCUT2D eigenvalue weighted by molar-refractivity contribution is 5.61. The average molecular weight is 230 g/mol. The van der Waals surface area contributed by atoms with E-state index in [1.54, 1.807) is 0 Å². The summed E-state index contributed by atoms with van der Waals surface area (Å²) in [4.78, 5) is 6.91. The minimum absolute atomic E-state index is 0.598. The predicted molar refractivity (Wildman–Crippen MR) is 69.3 cm³/mol. The molecule has 3 heteroatoms. The van der Waals surface area contributed by atoms with E-state index in [4.69, 9.17) is 4.74 Å². The first-order valence-electron chi connectivity index (χ1n) is 6.34. The van der Waals surface area contributed by atoms with Crippen LogP contribution >= 0.6 is 0 Å². The van der Waals surface area contributed by atoms with Crippen molar-refractivity contribution in [1.29, 1.82) is 0 Å². The number of anilines is 1. The van der Waals surface area contributed by atoms with E-state index in [2.05, 4.69) is 35.0 Å². The zero-order chi connectivity index (χ0) is 11.7. The Morgan fingerprint density at radius 3 is 3.00 bits per heavy atom. The van der Waals surface area contributed by atoms with Crippen LogP contribution in [0.3, 0.4) is 0 Å². The van der Waals surface area contributed by atoms with Crippen LogP contribution in [-0.4, -0.2) is 31.3 Å². The summed E-state index contributed by atoms with van der Waals surface area (Å²) >= 11 is 0. The molecule has 0 N–H and O–H groups in total. The minimum Gasteiger partial charge on any atom is -0.378 e. The summed E-state index contributed by atoms with van der Waals surface area (Å²) in [5.41, 5.74) is 2.71. The lowest BCUT2D eigenvalue weighted by Crippen LogP contribution is -2.36. The molecule has 17 heavy (non-hydrogen) atoms. The van der Waals surface area contributed by atoms with Gasteiger partial charge in [-0.25, -0.2) is 4.98 Å². The first-order valence-corrected chi connectivity index (χ1v) is 6.34. The lowest BCUT2D eigenvalue weighted by Gasteiger charge is -2.29. The highest BCUT2D eigenvalue weighted by Gasteiger charge is 2.17. The maximum atomic E-state index is 5.37. The number of fused-ring (bicyclic) bond motifs is 1. The zero-order valence-electron chi connectivity index (χ0n) is 10.2. The smallest absolute Gasteiger partial charge is 0.129 e. The molecular formula is C14H18N2O. The molecule has 1 aliphatic heterocycles. The number of allylic oxidation sites excluding steroid dienone is 1. The number of ether oxygens (including phenoxy) is 1. The monoisotopic (exact) mass is 230 g/mol. The Hall–Kier alpha value is -1.35. The molecule has 0 saturated carbocycles. The van der Waals surface area contributed by atoms with E-state index in [-0.39, 0.29) is 0 Å². The first kappa shape index (κ1) is 10.8. The zero-order valence-corrected chi connectivity index (χ0v) is 10.2. The van der Waals surface area contributed by atoms with Crippen molar-refractivity contribution in [3.63, 3.8) is 0 Å². The van der Waals surface area contributed by atoms with E-state index in [9.17, 15) is 0 Å². The molecule has 0 aromatic carbocycles. The molecule has 1 aromatic heterocycles. The van der Waals surface area contributed by atoms with Gasteiger partial charge < -0.3 is 9.64 Å². The van der Waals surface area contributed by atoms with Crippen molar-refractivity contribution in [3.05, 3.63) is 29.5 Å². The molecular weight excluding hydrogens is 212 g/mol. The van der Waals surface area contributed by atoms with Gasteiger partial charge in [-0.3, -0.25) is 0 Å². The topological polar surface area (TPSA) is 25.4 Å². The molecule has 0 amide bonds. The van der Waals surface area contributed by atoms with Gasteiger partial charge in [0.05, 0.1) is 13.2 Å². The molecule has 0 radical (unpaired) electrons. The maximum absolute atomic E-state index is 5.37. The van der Waals surface area contributed by atoms with E-state index in [0.29, 0.717) is 5.92 Å². The molecule has 1 saturated heterocycles. The largest absolute Gasteiger partial charge is 0.378 e. The third kappa shape index (κ3) is 2.07. The Morgan fingerprint density at radius 2 is 2.18 bits per heavy atom. The van der Waals surface area contributed by atoms with E-state index in [1.165, 1.54) is 11.1 Å².